The van der Waals surface area contributed by atoms with E-state index >= 15 is 0 Å². The molecule has 100 valence electrons. The summed E-state index contributed by atoms with van der Waals surface area (Å²) in [5.41, 5.74) is 1.76. The highest BCUT2D eigenvalue weighted by Gasteiger charge is 2.11. The second-order valence-electron chi connectivity index (χ2n) is 4.28. The fourth-order valence-corrected chi connectivity index (χ4v) is 2.45. The number of aromatic amines is 1. The van der Waals surface area contributed by atoms with Gasteiger partial charge in [0.25, 0.3) is 0 Å². The zero-order valence-corrected chi connectivity index (χ0v) is 12.3. The first-order valence-corrected chi connectivity index (χ1v) is 6.88. The van der Waals surface area contributed by atoms with Crippen molar-refractivity contribution in [3.8, 4) is 5.69 Å². The Morgan fingerprint density at radius 1 is 1.15 bits per heavy atom. The maximum absolute atomic E-state index is 12.1. The van der Waals surface area contributed by atoms with Crippen molar-refractivity contribution in [1.82, 2.24) is 9.55 Å². The van der Waals surface area contributed by atoms with Gasteiger partial charge in [-0.2, -0.15) is 0 Å². The van der Waals surface area contributed by atoms with Crippen molar-refractivity contribution in [2.24, 2.45) is 0 Å². The number of hydrogen-bond donors (Lipinski definition) is 2. The number of nitrogens with zero attached hydrogens (tertiary/aromatic N) is 1. The van der Waals surface area contributed by atoms with Crippen molar-refractivity contribution in [3.63, 3.8) is 0 Å². The number of rotatable bonds is 2. The number of carboxylic acids is 1. The van der Waals surface area contributed by atoms with Gasteiger partial charge in [-0.25, -0.2) is 9.59 Å². The predicted molar refractivity (Wildman–Crippen MR) is 83.6 cm³/mol. The highest BCUT2D eigenvalue weighted by atomic mass is 127. The largest absolute Gasteiger partial charge is 0.478 e. The molecular weight excluding hydrogens is 371 g/mol. The lowest BCUT2D eigenvalue weighted by Gasteiger charge is -2.03. The van der Waals surface area contributed by atoms with Gasteiger partial charge in [-0.15, -0.1) is 0 Å². The molecule has 3 rings (SSSR count). The Kier molecular flexibility index (Phi) is 3.09. The van der Waals surface area contributed by atoms with E-state index in [4.69, 9.17) is 5.11 Å². The van der Waals surface area contributed by atoms with Crippen LogP contribution in [-0.4, -0.2) is 20.6 Å². The molecule has 0 saturated carbocycles. The van der Waals surface area contributed by atoms with Gasteiger partial charge in [-0.1, -0.05) is 0 Å². The number of benzene rings is 2. The molecule has 1 aromatic heterocycles. The Bertz CT molecular complexity index is 862. The summed E-state index contributed by atoms with van der Waals surface area (Å²) in [5, 5.41) is 8.97. The second-order valence-corrected chi connectivity index (χ2v) is 5.52. The van der Waals surface area contributed by atoms with Crippen LogP contribution in [0.4, 0.5) is 0 Å². The third-order valence-electron chi connectivity index (χ3n) is 3.01. The van der Waals surface area contributed by atoms with Crippen LogP contribution in [0.1, 0.15) is 10.4 Å². The van der Waals surface area contributed by atoms with Gasteiger partial charge in [0.2, 0.25) is 0 Å². The molecular formula is C14H9IN2O3. The molecule has 0 atom stereocenters. The minimum atomic E-state index is -1.02. The van der Waals surface area contributed by atoms with E-state index in [0.717, 1.165) is 9.26 Å². The summed E-state index contributed by atoms with van der Waals surface area (Å²) in [6, 6.07) is 12.1. The minimum absolute atomic E-state index is 0.147. The van der Waals surface area contributed by atoms with Gasteiger partial charge >= 0.3 is 11.7 Å². The van der Waals surface area contributed by atoms with Crippen molar-refractivity contribution in [1.29, 1.82) is 0 Å². The molecule has 1 heterocycles. The molecule has 0 aliphatic carbocycles. The van der Waals surface area contributed by atoms with E-state index in [9.17, 15) is 9.59 Å². The quantitative estimate of drug-likeness (QED) is 0.672. The fraction of sp³-hybridized carbons (Fsp3) is 0. The van der Waals surface area contributed by atoms with Crippen LogP contribution in [0.15, 0.2) is 47.3 Å². The molecule has 0 radical (unpaired) electrons. The van der Waals surface area contributed by atoms with Gasteiger partial charge in [0.05, 0.1) is 22.3 Å². The first kappa shape index (κ1) is 12.9. The van der Waals surface area contributed by atoms with E-state index in [1.54, 1.807) is 6.07 Å². The molecule has 3 aromatic rings. The van der Waals surface area contributed by atoms with Crippen LogP contribution in [-0.2, 0) is 0 Å². The highest BCUT2D eigenvalue weighted by Crippen LogP contribution is 2.18. The van der Waals surface area contributed by atoms with Crippen molar-refractivity contribution in [2.45, 2.75) is 0 Å². The number of hydrogen-bond acceptors (Lipinski definition) is 2. The molecule has 0 bridgehead atoms. The Hall–Kier alpha value is -2.09. The van der Waals surface area contributed by atoms with Gasteiger partial charge in [0, 0.05) is 3.57 Å². The molecule has 6 heteroatoms. The summed E-state index contributed by atoms with van der Waals surface area (Å²) in [6.45, 7) is 0. The summed E-state index contributed by atoms with van der Waals surface area (Å²) < 4.78 is 2.60. The minimum Gasteiger partial charge on any atom is -0.478 e. The molecule has 0 spiro atoms. The first-order valence-electron chi connectivity index (χ1n) is 5.80. The number of carboxylic acid groups (broad SMARTS) is 1. The maximum Gasteiger partial charge on any atom is 0.335 e. The van der Waals surface area contributed by atoms with Gasteiger partial charge < -0.3 is 10.1 Å². The molecule has 0 unspecified atom stereocenters. The molecule has 2 N–H and O–H groups in total. The van der Waals surface area contributed by atoms with Crippen LogP contribution in [0.25, 0.3) is 16.7 Å². The smallest absolute Gasteiger partial charge is 0.335 e. The molecule has 0 saturated heterocycles. The van der Waals surface area contributed by atoms with Crippen molar-refractivity contribution in [3.05, 3.63) is 62.1 Å². The number of halogens is 1. The normalized spacial score (nSPS) is 10.8. The van der Waals surface area contributed by atoms with Crippen LogP contribution in [0, 0.1) is 3.57 Å². The average molecular weight is 380 g/mol. The summed E-state index contributed by atoms with van der Waals surface area (Å²) in [6.07, 6.45) is 0. The topological polar surface area (TPSA) is 75.1 Å². The van der Waals surface area contributed by atoms with Crippen LogP contribution in [0.2, 0.25) is 0 Å². The van der Waals surface area contributed by atoms with E-state index in [1.807, 2.05) is 24.3 Å². The third kappa shape index (κ3) is 2.11. The standard InChI is InChI=1S/C14H9IN2O3/c15-9-2-4-10(5-3-9)17-12-6-1-8(13(18)19)7-11(12)16-14(17)20/h1-7H,(H,16,20)(H,18,19). The van der Waals surface area contributed by atoms with E-state index in [1.165, 1.54) is 16.7 Å². The zero-order valence-electron chi connectivity index (χ0n) is 10.1. The highest BCUT2D eigenvalue weighted by molar-refractivity contribution is 14.1. The molecule has 5 nitrogen and oxygen atoms in total. The number of fused-ring (bicyclic) bond motifs is 1. The van der Waals surface area contributed by atoms with Crippen molar-refractivity contribution >= 4 is 39.6 Å². The molecule has 20 heavy (non-hydrogen) atoms. The summed E-state index contributed by atoms with van der Waals surface area (Å²) >= 11 is 2.19. The fourth-order valence-electron chi connectivity index (χ4n) is 2.09. The Morgan fingerprint density at radius 2 is 1.85 bits per heavy atom. The molecule has 0 aliphatic heterocycles. The van der Waals surface area contributed by atoms with Crippen LogP contribution >= 0.6 is 22.6 Å². The number of aromatic nitrogens is 2. The molecule has 0 amide bonds. The van der Waals surface area contributed by atoms with E-state index in [2.05, 4.69) is 27.6 Å². The monoisotopic (exact) mass is 380 g/mol. The first-order chi connectivity index (χ1) is 9.56. The van der Waals surface area contributed by atoms with Crippen LogP contribution in [0.3, 0.4) is 0 Å². The van der Waals surface area contributed by atoms with Gasteiger partial charge in [-0.3, -0.25) is 4.57 Å². The van der Waals surface area contributed by atoms with Crippen molar-refractivity contribution in [2.75, 3.05) is 0 Å². The van der Waals surface area contributed by atoms with Gasteiger partial charge in [-0.05, 0) is 65.1 Å². The van der Waals surface area contributed by atoms with Gasteiger partial charge in [0.1, 0.15) is 0 Å². The molecule has 2 aromatic carbocycles. The Morgan fingerprint density at radius 3 is 2.50 bits per heavy atom. The third-order valence-corrected chi connectivity index (χ3v) is 3.73. The summed E-state index contributed by atoms with van der Waals surface area (Å²) in [4.78, 5) is 25.7. The SMILES string of the molecule is O=C(O)c1ccc2c(c1)[nH]c(=O)n2-c1ccc(I)cc1. The maximum atomic E-state index is 12.1. The van der Waals surface area contributed by atoms with Crippen LogP contribution < -0.4 is 5.69 Å². The van der Waals surface area contributed by atoms with Gasteiger partial charge in [0.15, 0.2) is 0 Å². The van der Waals surface area contributed by atoms with E-state index < -0.39 is 5.97 Å². The lowest BCUT2D eigenvalue weighted by atomic mass is 10.2. The summed E-state index contributed by atoms with van der Waals surface area (Å²) in [7, 11) is 0. The summed E-state index contributed by atoms with van der Waals surface area (Å²) in [5.74, 6) is -1.02. The lowest BCUT2D eigenvalue weighted by molar-refractivity contribution is 0.0697. The Balaban J connectivity index is 2.26. The number of imidazole rings is 1. The lowest BCUT2D eigenvalue weighted by Crippen LogP contribution is -2.14. The van der Waals surface area contributed by atoms with E-state index in [0.29, 0.717) is 11.0 Å². The number of H-pyrrole nitrogens is 1. The second kappa shape index (κ2) is 4.78. The van der Waals surface area contributed by atoms with Crippen molar-refractivity contribution < 1.29 is 9.90 Å². The molecule has 0 aliphatic rings. The average Bonchev–Trinajstić information content (AvgIpc) is 2.74. The number of aromatic carboxylic acids is 1. The Labute approximate surface area is 127 Å². The zero-order chi connectivity index (χ0) is 14.3. The molecule has 0 fully saturated rings. The van der Waals surface area contributed by atoms with E-state index in [-0.39, 0.29) is 11.3 Å². The predicted octanol–water partition coefficient (Wildman–Crippen LogP) is 2.62. The number of nitrogens with one attached hydrogen (secondary N) is 1. The van der Waals surface area contributed by atoms with Crippen LogP contribution in [0.5, 0.6) is 0 Å². The number of carbonyl (C=O) groups is 1.